The Kier molecular flexibility index (Phi) is 5.01. The lowest BCUT2D eigenvalue weighted by atomic mass is 10.0. The summed E-state index contributed by atoms with van der Waals surface area (Å²) in [6.07, 6.45) is 4.48. The Labute approximate surface area is 141 Å². The van der Waals surface area contributed by atoms with Gasteiger partial charge in [-0.25, -0.2) is 0 Å². The van der Waals surface area contributed by atoms with Crippen molar-refractivity contribution in [1.82, 2.24) is 4.90 Å². The second-order valence-electron chi connectivity index (χ2n) is 6.05. The molecule has 1 fully saturated rings. The number of rotatable bonds is 3. The van der Waals surface area contributed by atoms with Gasteiger partial charge in [-0.05, 0) is 49.6 Å². The molecular weight excluding hydrogens is 306 g/mol. The average Bonchev–Trinajstić information content (AvgIpc) is 2.87. The number of ether oxygens (including phenoxy) is 1. The monoisotopic (exact) mass is 329 g/mol. The lowest BCUT2D eigenvalue weighted by molar-refractivity contribution is 0.0686. The zero-order valence-electron chi connectivity index (χ0n) is 13.7. The molecule has 1 aromatic heterocycles. The van der Waals surface area contributed by atoms with Gasteiger partial charge in [-0.15, -0.1) is 11.3 Å². The van der Waals surface area contributed by atoms with Crippen molar-refractivity contribution in [3.05, 3.63) is 51.7 Å². The lowest BCUT2D eigenvalue weighted by Gasteiger charge is -2.30. The first-order valence-corrected chi connectivity index (χ1v) is 9.02. The van der Waals surface area contributed by atoms with Crippen LogP contribution < -0.4 is 4.74 Å². The number of carbonyl (C=O) groups excluding carboxylic acids is 1. The second kappa shape index (κ2) is 7.18. The third-order valence-electron chi connectivity index (χ3n) is 4.47. The van der Waals surface area contributed by atoms with Crippen molar-refractivity contribution in [3.63, 3.8) is 0 Å². The normalized spacial score (nSPS) is 18.5. The number of thiophene rings is 1. The summed E-state index contributed by atoms with van der Waals surface area (Å²) in [7, 11) is 1.68. The number of carbonyl (C=O) groups is 1. The van der Waals surface area contributed by atoms with E-state index in [0.29, 0.717) is 0 Å². The highest BCUT2D eigenvalue weighted by Gasteiger charge is 2.28. The molecule has 1 saturated heterocycles. The van der Waals surface area contributed by atoms with Gasteiger partial charge in [0.25, 0.3) is 5.91 Å². The molecule has 1 aliphatic rings. The van der Waals surface area contributed by atoms with Crippen molar-refractivity contribution in [2.45, 2.75) is 38.6 Å². The fourth-order valence-electron chi connectivity index (χ4n) is 3.22. The fourth-order valence-corrected chi connectivity index (χ4v) is 4.04. The number of aryl methyl sites for hydroxylation is 1. The molecular formula is C19H23NO2S. The highest BCUT2D eigenvalue weighted by atomic mass is 32.1. The molecule has 0 N–H and O–H groups in total. The smallest absolute Gasteiger partial charge is 0.264 e. The summed E-state index contributed by atoms with van der Waals surface area (Å²) in [4.78, 5) is 17.1. The van der Waals surface area contributed by atoms with Crippen molar-refractivity contribution in [1.29, 1.82) is 0 Å². The van der Waals surface area contributed by atoms with E-state index in [4.69, 9.17) is 4.74 Å². The molecule has 122 valence electrons. The van der Waals surface area contributed by atoms with E-state index in [-0.39, 0.29) is 11.9 Å². The molecule has 1 aliphatic heterocycles. The zero-order valence-corrected chi connectivity index (χ0v) is 14.6. The molecule has 0 radical (unpaired) electrons. The minimum atomic E-state index is 0.165. The van der Waals surface area contributed by atoms with Crippen LogP contribution in [0.5, 0.6) is 5.75 Å². The number of hydrogen-bond acceptors (Lipinski definition) is 3. The molecule has 1 unspecified atom stereocenters. The Morgan fingerprint density at radius 1 is 1.13 bits per heavy atom. The van der Waals surface area contributed by atoms with Gasteiger partial charge in [0.1, 0.15) is 5.75 Å². The number of nitrogens with zero attached hydrogens (tertiary/aromatic N) is 1. The predicted molar refractivity (Wildman–Crippen MR) is 94.3 cm³/mol. The van der Waals surface area contributed by atoms with Crippen molar-refractivity contribution in [2.75, 3.05) is 13.7 Å². The molecule has 23 heavy (non-hydrogen) atoms. The highest BCUT2D eigenvalue weighted by molar-refractivity contribution is 7.13. The maximum atomic E-state index is 13.0. The maximum Gasteiger partial charge on any atom is 0.264 e. The third kappa shape index (κ3) is 3.58. The Hall–Kier alpha value is -1.81. The fraction of sp³-hybridized carbons (Fsp3) is 0.421. The van der Waals surface area contributed by atoms with Crippen LogP contribution in [0.25, 0.3) is 0 Å². The Balaban J connectivity index is 1.88. The van der Waals surface area contributed by atoms with Crippen LogP contribution in [0.2, 0.25) is 0 Å². The Bertz CT molecular complexity index is 662. The molecule has 2 heterocycles. The molecule has 0 spiro atoms. The first-order valence-electron chi connectivity index (χ1n) is 8.20. The first kappa shape index (κ1) is 16.1. The van der Waals surface area contributed by atoms with Crippen LogP contribution in [0.4, 0.5) is 0 Å². The molecule has 3 rings (SSSR count). The van der Waals surface area contributed by atoms with Gasteiger partial charge in [0, 0.05) is 11.4 Å². The quantitative estimate of drug-likeness (QED) is 0.808. The van der Waals surface area contributed by atoms with Gasteiger partial charge in [0.05, 0.1) is 18.0 Å². The molecule has 1 amide bonds. The van der Waals surface area contributed by atoms with Gasteiger partial charge in [-0.1, -0.05) is 25.0 Å². The van der Waals surface area contributed by atoms with E-state index in [1.54, 1.807) is 18.4 Å². The summed E-state index contributed by atoms with van der Waals surface area (Å²) in [5.41, 5.74) is 1.20. The van der Waals surface area contributed by atoms with E-state index in [9.17, 15) is 4.79 Å². The molecule has 2 aromatic rings. The van der Waals surface area contributed by atoms with Crippen LogP contribution in [0.1, 0.15) is 51.8 Å². The summed E-state index contributed by atoms with van der Waals surface area (Å²) in [5, 5.41) is 0. The third-order valence-corrected chi connectivity index (χ3v) is 5.45. The first-order chi connectivity index (χ1) is 11.2. The van der Waals surface area contributed by atoms with E-state index >= 15 is 0 Å². The van der Waals surface area contributed by atoms with E-state index in [2.05, 4.69) is 17.0 Å². The van der Waals surface area contributed by atoms with Crippen LogP contribution in [-0.4, -0.2) is 24.5 Å². The highest BCUT2D eigenvalue weighted by Crippen LogP contribution is 2.33. The minimum absolute atomic E-state index is 0.165. The molecule has 1 aromatic carbocycles. The topological polar surface area (TPSA) is 29.5 Å². The largest absolute Gasteiger partial charge is 0.497 e. The van der Waals surface area contributed by atoms with Crippen LogP contribution in [-0.2, 0) is 0 Å². The summed E-state index contributed by atoms with van der Waals surface area (Å²) >= 11 is 1.59. The Morgan fingerprint density at radius 3 is 2.57 bits per heavy atom. The van der Waals surface area contributed by atoms with E-state index < -0.39 is 0 Å². The van der Waals surface area contributed by atoms with Crippen molar-refractivity contribution in [2.24, 2.45) is 0 Å². The number of hydrogen-bond donors (Lipinski definition) is 0. The molecule has 3 nitrogen and oxygen atoms in total. The van der Waals surface area contributed by atoms with Crippen LogP contribution in [0.3, 0.4) is 0 Å². The second-order valence-corrected chi connectivity index (χ2v) is 7.34. The minimum Gasteiger partial charge on any atom is -0.497 e. The van der Waals surface area contributed by atoms with Gasteiger partial charge in [-0.2, -0.15) is 0 Å². The number of amides is 1. The zero-order chi connectivity index (χ0) is 16.2. The van der Waals surface area contributed by atoms with Crippen molar-refractivity contribution >= 4 is 17.2 Å². The van der Waals surface area contributed by atoms with Crippen LogP contribution in [0, 0.1) is 6.92 Å². The van der Waals surface area contributed by atoms with Crippen molar-refractivity contribution < 1.29 is 9.53 Å². The molecule has 0 bridgehead atoms. The van der Waals surface area contributed by atoms with Gasteiger partial charge in [0.2, 0.25) is 0 Å². The van der Waals surface area contributed by atoms with E-state index in [1.165, 1.54) is 23.3 Å². The summed E-state index contributed by atoms with van der Waals surface area (Å²) in [6, 6.07) is 12.3. The SMILES string of the molecule is COc1ccc(C2CCCCCN2C(=O)c2ccc(C)s2)cc1. The van der Waals surface area contributed by atoms with Crippen LogP contribution >= 0.6 is 11.3 Å². The molecule has 0 saturated carbocycles. The van der Waals surface area contributed by atoms with E-state index in [1.807, 2.05) is 31.2 Å². The average molecular weight is 329 g/mol. The predicted octanol–water partition coefficient (Wildman–Crippen LogP) is 4.82. The molecule has 0 aliphatic carbocycles. The van der Waals surface area contributed by atoms with Crippen LogP contribution in [0.15, 0.2) is 36.4 Å². The summed E-state index contributed by atoms with van der Waals surface area (Å²) in [6.45, 7) is 2.89. The van der Waals surface area contributed by atoms with E-state index in [0.717, 1.165) is 30.0 Å². The van der Waals surface area contributed by atoms with Gasteiger partial charge in [-0.3, -0.25) is 4.79 Å². The number of benzene rings is 1. The lowest BCUT2D eigenvalue weighted by Crippen LogP contribution is -2.34. The molecule has 4 heteroatoms. The number of methoxy groups -OCH3 is 1. The maximum absolute atomic E-state index is 13.0. The van der Waals surface area contributed by atoms with Gasteiger partial charge in [0.15, 0.2) is 0 Å². The van der Waals surface area contributed by atoms with Gasteiger partial charge < -0.3 is 9.64 Å². The summed E-state index contributed by atoms with van der Waals surface area (Å²) < 4.78 is 5.25. The van der Waals surface area contributed by atoms with Crippen molar-refractivity contribution in [3.8, 4) is 5.75 Å². The standard InChI is InChI=1S/C19H23NO2S/c1-14-7-12-18(23-14)19(21)20-13-5-3-4-6-17(20)15-8-10-16(22-2)11-9-15/h7-12,17H,3-6,13H2,1-2H3. The van der Waals surface area contributed by atoms with Gasteiger partial charge >= 0.3 is 0 Å². The summed E-state index contributed by atoms with van der Waals surface area (Å²) in [5.74, 6) is 1.03. The number of likely N-dealkylation sites (tertiary alicyclic amines) is 1. The Morgan fingerprint density at radius 2 is 1.91 bits per heavy atom. The molecule has 1 atom stereocenters.